The van der Waals surface area contributed by atoms with Gasteiger partial charge in [0.25, 0.3) is 0 Å². The van der Waals surface area contributed by atoms with Gasteiger partial charge in [0.2, 0.25) is 0 Å². The number of nitrogen functional groups attached to an aromatic ring is 1. The fourth-order valence-electron chi connectivity index (χ4n) is 4.28. The van der Waals surface area contributed by atoms with Gasteiger partial charge >= 0.3 is 0 Å². The van der Waals surface area contributed by atoms with Gasteiger partial charge in [-0.2, -0.15) is 0 Å². The number of para-hydroxylation sites is 2. The van der Waals surface area contributed by atoms with Gasteiger partial charge in [-0.15, -0.1) is 0 Å². The monoisotopic (exact) mass is 619 g/mol. The summed E-state index contributed by atoms with van der Waals surface area (Å²) in [6.45, 7) is 9.44. The van der Waals surface area contributed by atoms with E-state index in [1.165, 1.54) is 50.5 Å². The molecule has 0 atom stereocenters. The molecule has 0 fully saturated rings. The van der Waals surface area contributed by atoms with Gasteiger partial charge in [0.1, 0.15) is 24.7 Å². The van der Waals surface area contributed by atoms with Crippen molar-refractivity contribution < 1.29 is 37.9 Å². The van der Waals surface area contributed by atoms with Crippen LogP contribution in [0.25, 0.3) is 0 Å². The van der Waals surface area contributed by atoms with Crippen molar-refractivity contribution in [2.75, 3.05) is 98.2 Å². The Morgan fingerprint density at radius 2 is 0.886 bits per heavy atom. The topological polar surface area (TPSA) is 99.9 Å². The van der Waals surface area contributed by atoms with Crippen molar-refractivity contribution >= 4 is 5.69 Å². The molecule has 2 aromatic rings. The Morgan fingerprint density at radius 1 is 0.455 bits per heavy atom. The zero-order valence-corrected chi connectivity index (χ0v) is 27.0. The standard InChI is InChI=1S/C35H57NO8/c1-2-3-4-5-6-7-8-11-32-14-16-33(17-15-32)43-30-28-41-26-24-39-22-20-37-18-19-38-21-23-40-25-27-42-29-31-44-35-13-10-9-12-34(35)36/h9-10,12-17H,2-8,11,18-31,36H2,1H3. The summed E-state index contributed by atoms with van der Waals surface area (Å²) >= 11 is 0. The summed E-state index contributed by atoms with van der Waals surface area (Å²) in [5, 5.41) is 0. The fourth-order valence-corrected chi connectivity index (χ4v) is 4.28. The number of hydrogen-bond acceptors (Lipinski definition) is 9. The van der Waals surface area contributed by atoms with E-state index < -0.39 is 0 Å². The van der Waals surface area contributed by atoms with Gasteiger partial charge in [0, 0.05) is 0 Å². The molecule has 0 heterocycles. The molecular formula is C35H57NO8. The number of ether oxygens (including phenoxy) is 8. The maximum Gasteiger partial charge on any atom is 0.142 e. The second-order valence-corrected chi connectivity index (χ2v) is 10.4. The molecule has 2 N–H and O–H groups in total. The zero-order chi connectivity index (χ0) is 31.2. The first kappa shape index (κ1) is 37.8. The van der Waals surface area contributed by atoms with Crippen LogP contribution in [0.3, 0.4) is 0 Å². The van der Waals surface area contributed by atoms with E-state index in [0.29, 0.717) is 104 Å². The van der Waals surface area contributed by atoms with E-state index >= 15 is 0 Å². The highest BCUT2D eigenvalue weighted by atomic mass is 16.6. The molecule has 9 heteroatoms. The second-order valence-electron chi connectivity index (χ2n) is 10.4. The van der Waals surface area contributed by atoms with E-state index in [4.69, 9.17) is 43.6 Å². The minimum atomic E-state index is 0.445. The van der Waals surface area contributed by atoms with Gasteiger partial charge in [-0.1, -0.05) is 69.7 Å². The Labute approximate surface area is 265 Å². The minimum Gasteiger partial charge on any atom is -0.491 e. The summed E-state index contributed by atoms with van der Waals surface area (Å²) in [5.74, 6) is 1.56. The number of anilines is 1. The smallest absolute Gasteiger partial charge is 0.142 e. The SMILES string of the molecule is CCCCCCCCCc1ccc(OCCOCCOCCOCCOCCOCCOCCOc2ccccc2N)cc1. The van der Waals surface area contributed by atoms with Crippen molar-refractivity contribution in [1.82, 2.24) is 0 Å². The molecule has 0 saturated carbocycles. The average molecular weight is 620 g/mol. The fraction of sp³-hybridized carbons (Fsp3) is 0.657. The normalized spacial score (nSPS) is 11.2. The Kier molecular flexibility index (Phi) is 24.1. The lowest BCUT2D eigenvalue weighted by atomic mass is 10.0. The molecule has 0 saturated heterocycles. The highest BCUT2D eigenvalue weighted by Gasteiger charge is 2.00. The molecule has 0 aromatic heterocycles. The molecule has 0 unspecified atom stereocenters. The van der Waals surface area contributed by atoms with Crippen LogP contribution in [-0.2, 0) is 34.8 Å². The highest BCUT2D eigenvalue weighted by molar-refractivity contribution is 5.51. The summed E-state index contributed by atoms with van der Waals surface area (Å²) in [6, 6.07) is 15.9. The van der Waals surface area contributed by atoms with Crippen LogP contribution in [0.1, 0.15) is 57.4 Å². The van der Waals surface area contributed by atoms with Gasteiger partial charge in [0.15, 0.2) is 0 Å². The van der Waals surface area contributed by atoms with Crippen molar-refractivity contribution in [1.29, 1.82) is 0 Å². The van der Waals surface area contributed by atoms with Crippen LogP contribution in [0, 0.1) is 0 Å². The molecule has 0 bridgehead atoms. The minimum absolute atomic E-state index is 0.445. The first-order valence-corrected chi connectivity index (χ1v) is 16.4. The third-order valence-electron chi connectivity index (χ3n) is 6.75. The highest BCUT2D eigenvalue weighted by Crippen LogP contribution is 2.19. The van der Waals surface area contributed by atoms with Crippen LogP contribution in [0.5, 0.6) is 11.5 Å². The molecule has 2 aromatic carbocycles. The second kappa shape index (κ2) is 28.1. The third-order valence-corrected chi connectivity index (χ3v) is 6.75. The third kappa shape index (κ3) is 21.3. The zero-order valence-electron chi connectivity index (χ0n) is 27.0. The van der Waals surface area contributed by atoms with E-state index in [1.54, 1.807) is 6.07 Å². The molecule has 2 rings (SSSR count). The van der Waals surface area contributed by atoms with E-state index in [1.807, 2.05) is 18.2 Å². The van der Waals surface area contributed by atoms with Crippen LogP contribution < -0.4 is 15.2 Å². The number of benzene rings is 2. The van der Waals surface area contributed by atoms with Crippen LogP contribution in [0.15, 0.2) is 48.5 Å². The summed E-state index contributed by atoms with van der Waals surface area (Å²) in [5.41, 5.74) is 7.83. The van der Waals surface area contributed by atoms with E-state index in [9.17, 15) is 0 Å². The van der Waals surface area contributed by atoms with E-state index in [-0.39, 0.29) is 0 Å². The van der Waals surface area contributed by atoms with Crippen LogP contribution in [-0.4, -0.2) is 92.5 Å². The van der Waals surface area contributed by atoms with Crippen molar-refractivity contribution in [3.05, 3.63) is 54.1 Å². The molecule has 44 heavy (non-hydrogen) atoms. The van der Waals surface area contributed by atoms with E-state index in [2.05, 4.69) is 31.2 Å². The Morgan fingerprint density at radius 3 is 1.39 bits per heavy atom. The molecule has 0 radical (unpaired) electrons. The molecule has 0 amide bonds. The number of unbranched alkanes of at least 4 members (excludes halogenated alkanes) is 6. The maximum atomic E-state index is 5.82. The summed E-state index contributed by atoms with van der Waals surface area (Å²) < 4.78 is 44.4. The average Bonchev–Trinajstić information content (AvgIpc) is 3.04. The van der Waals surface area contributed by atoms with E-state index in [0.717, 1.165) is 12.2 Å². The van der Waals surface area contributed by atoms with Gasteiger partial charge in [-0.05, 0) is 42.7 Å². The molecule has 0 spiro atoms. The molecule has 0 aliphatic carbocycles. The summed E-state index contributed by atoms with van der Waals surface area (Å²) in [7, 11) is 0. The Bertz CT molecular complexity index is 899. The number of nitrogens with two attached hydrogens (primary N) is 1. The molecule has 9 nitrogen and oxygen atoms in total. The predicted molar refractivity (Wildman–Crippen MR) is 175 cm³/mol. The molecule has 0 aliphatic heterocycles. The van der Waals surface area contributed by atoms with Gasteiger partial charge in [0.05, 0.1) is 85.0 Å². The number of aryl methyl sites for hydroxylation is 1. The van der Waals surface area contributed by atoms with Crippen LogP contribution in [0.2, 0.25) is 0 Å². The van der Waals surface area contributed by atoms with Crippen molar-refractivity contribution in [2.24, 2.45) is 0 Å². The van der Waals surface area contributed by atoms with Gasteiger partial charge < -0.3 is 43.6 Å². The van der Waals surface area contributed by atoms with Crippen LogP contribution >= 0.6 is 0 Å². The lowest BCUT2D eigenvalue weighted by Crippen LogP contribution is -2.15. The Hall–Kier alpha value is -2.40. The van der Waals surface area contributed by atoms with Gasteiger partial charge in [-0.3, -0.25) is 0 Å². The predicted octanol–water partition coefficient (Wildman–Crippen LogP) is 6.12. The quantitative estimate of drug-likeness (QED) is 0.0790. The lowest BCUT2D eigenvalue weighted by molar-refractivity contribution is -0.0187. The number of rotatable bonds is 31. The first-order chi connectivity index (χ1) is 21.8. The van der Waals surface area contributed by atoms with Crippen molar-refractivity contribution in [3.8, 4) is 11.5 Å². The maximum absolute atomic E-state index is 5.82. The summed E-state index contributed by atoms with van der Waals surface area (Å²) in [4.78, 5) is 0. The van der Waals surface area contributed by atoms with Crippen molar-refractivity contribution in [3.63, 3.8) is 0 Å². The molecule has 0 aliphatic rings. The van der Waals surface area contributed by atoms with Gasteiger partial charge in [-0.25, -0.2) is 0 Å². The molecular weight excluding hydrogens is 562 g/mol. The Balaban J connectivity index is 1.24. The summed E-state index contributed by atoms with van der Waals surface area (Å²) in [6.07, 6.45) is 10.5. The lowest BCUT2D eigenvalue weighted by Gasteiger charge is -2.10. The van der Waals surface area contributed by atoms with Crippen molar-refractivity contribution in [2.45, 2.75) is 58.3 Å². The molecule has 250 valence electrons. The number of hydrogen-bond donors (Lipinski definition) is 1. The first-order valence-electron chi connectivity index (χ1n) is 16.4. The largest absolute Gasteiger partial charge is 0.491 e. The van der Waals surface area contributed by atoms with Crippen LogP contribution in [0.4, 0.5) is 5.69 Å².